The van der Waals surface area contributed by atoms with Crippen LogP contribution in [0.3, 0.4) is 0 Å². The summed E-state index contributed by atoms with van der Waals surface area (Å²) in [4.78, 5) is 19.9. The highest BCUT2D eigenvalue weighted by atomic mass is 31.2. The molecule has 12 aromatic rings. The fourth-order valence-electron chi connectivity index (χ4n) is 11.8. The highest BCUT2D eigenvalue weighted by Crippen LogP contribution is 2.69. The lowest BCUT2D eigenvalue weighted by atomic mass is 10.0. The standard InChI is InChI=1S/C74H53N4P2/c1-9-27-52(28-10-1)70-60-45-46-61(75-60)71(53-29-11-2-12-30-53)63-49-50-65(77-63)73(55-33-15-4-16-34-55)74-69(51-66(78-74)72(54-31-13-3-14-32-54)64-48-47-62(70)76-64)80(58-39-21-7-22-40-58,59-41-23-8-24-42-59)68-44-26-25-43-67(68)79(56-35-17-5-18-36-56)57-37-19-6-20-38-57/h1-51,76-77H/q+1. The third-order valence-corrected chi connectivity index (χ3v) is 22.3. The molecule has 2 N–H and O–H groups in total. The molecule has 14 rings (SSSR count). The van der Waals surface area contributed by atoms with Crippen LogP contribution in [0, 0.1) is 0 Å². The monoisotopic (exact) mass is 1060 g/mol. The van der Waals surface area contributed by atoms with Crippen LogP contribution in [0.5, 0.6) is 0 Å². The number of hydrogen-bond acceptors (Lipinski definition) is 2. The lowest BCUT2D eigenvalue weighted by Crippen LogP contribution is -2.40. The molecule has 9 aromatic carbocycles. The van der Waals surface area contributed by atoms with E-state index in [1.807, 2.05) is 0 Å². The van der Waals surface area contributed by atoms with Crippen molar-refractivity contribution in [1.82, 2.24) is 19.9 Å². The molecule has 5 heterocycles. The van der Waals surface area contributed by atoms with Crippen LogP contribution in [0.1, 0.15) is 22.8 Å². The summed E-state index contributed by atoms with van der Waals surface area (Å²) in [6, 6.07) is 106. The Morgan fingerprint density at radius 3 is 1.06 bits per heavy atom. The highest BCUT2D eigenvalue weighted by Gasteiger charge is 2.54. The molecular formula is C74H53N4P2+. The molecular weight excluding hydrogens is 1010 g/mol. The number of hydrogen-bond donors (Lipinski definition) is 2. The lowest BCUT2D eigenvalue weighted by Gasteiger charge is -2.32. The van der Waals surface area contributed by atoms with Gasteiger partial charge in [0.1, 0.15) is 34.2 Å². The maximum absolute atomic E-state index is 6.21. The maximum Gasteiger partial charge on any atom is 0.147 e. The molecule has 0 aliphatic carbocycles. The summed E-state index contributed by atoms with van der Waals surface area (Å²) >= 11 is 0. The van der Waals surface area contributed by atoms with Gasteiger partial charge in [0.15, 0.2) is 0 Å². The van der Waals surface area contributed by atoms with Crippen molar-refractivity contribution in [2.45, 2.75) is 0 Å². The van der Waals surface area contributed by atoms with E-state index < -0.39 is 15.2 Å². The molecule has 80 heavy (non-hydrogen) atoms. The van der Waals surface area contributed by atoms with Crippen LogP contribution in [0.4, 0.5) is 0 Å². The lowest BCUT2D eigenvalue weighted by molar-refractivity contribution is 1.31. The van der Waals surface area contributed by atoms with Crippen LogP contribution in [-0.2, 0) is 0 Å². The largest absolute Gasteiger partial charge is 0.354 e. The van der Waals surface area contributed by atoms with Crippen molar-refractivity contribution in [1.29, 1.82) is 0 Å². The van der Waals surface area contributed by atoms with Gasteiger partial charge in [-0.05, 0) is 114 Å². The molecule has 0 saturated heterocycles. The Labute approximate surface area is 468 Å². The van der Waals surface area contributed by atoms with Gasteiger partial charge in [0.25, 0.3) is 0 Å². The van der Waals surface area contributed by atoms with Gasteiger partial charge in [0.2, 0.25) is 0 Å². The first-order chi connectivity index (χ1) is 39.7. The Morgan fingerprint density at radius 1 is 0.300 bits per heavy atom. The van der Waals surface area contributed by atoms with Crippen molar-refractivity contribution in [3.63, 3.8) is 0 Å². The summed E-state index contributed by atoms with van der Waals surface area (Å²) in [7, 11) is -4.11. The predicted molar refractivity (Wildman–Crippen MR) is 343 cm³/mol. The van der Waals surface area contributed by atoms with Crippen molar-refractivity contribution in [2.24, 2.45) is 0 Å². The molecule has 0 unspecified atom stereocenters. The molecule has 0 atom stereocenters. The van der Waals surface area contributed by atoms with Crippen LogP contribution in [0.25, 0.3) is 90.1 Å². The summed E-state index contributed by atoms with van der Waals surface area (Å²) in [6.07, 6.45) is 6.80. The third-order valence-electron chi connectivity index (χ3n) is 15.3. The second kappa shape index (κ2) is 21.3. The first kappa shape index (κ1) is 48.8. The molecule has 0 saturated carbocycles. The van der Waals surface area contributed by atoms with Crippen molar-refractivity contribution >= 4 is 92.6 Å². The third kappa shape index (κ3) is 8.77. The zero-order chi connectivity index (χ0) is 53.2. The van der Waals surface area contributed by atoms with E-state index in [-0.39, 0.29) is 0 Å². The molecule has 6 heteroatoms. The predicted octanol–water partition coefficient (Wildman–Crippen LogP) is 16.4. The molecule has 8 bridgehead atoms. The van der Waals surface area contributed by atoms with Crippen molar-refractivity contribution in [3.05, 3.63) is 314 Å². The van der Waals surface area contributed by atoms with Gasteiger partial charge in [0, 0.05) is 55.7 Å². The van der Waals surface area contributed by atoms with E-state index in [0.29, 0.717) is 0 Å². The number of nitrogens with zero attached hydrogens (tertiary/aromatic N) is 2. The Hall–Kier alpha value is -9.56. The number of aromatic amines is 2. The fraction of sp³-hybridized carbons (Fsp3) is 0. The van der Waals surface area contributed by atoms with E-state index in [4.69, 9.17) is 9.97 Å². The van der Waals surface area contributed by atoms with Crippen LogP contribution in [-0.4, -0.2) is 19.9 Å². The first-order valence-corrected chi connectivity index (χ1v) is 30.3. The van der Waals surface area contributed by atoms with Gasteiger partial charge >= 0.3 is 0 Å². The van der Waals surface area contributed by atoms with E-state index >= 15 is 0 Å². The van der Waals surface area contributed by atoms with Gasteiger partial charge < -0.3 is 9.97 Å². The molecule has 0 spiro atoms. The zero-order valence-corrected chi connectivity index (χ0v) is 45.5. The Kier molecular flexibility index (Phi) is 13.0. The van der Waals surface area contributed by atoms with Crippen molar-refractivity contribution in [3.8, 4) is 44.5 Å². The second-order valence-electron chi connectivity index (χ2n) is 20.0. The summed E-state index contributed by atoms with van der Waals surface area (Å²) in [5.74, 6) is 0. The number of benzene rings is 9. The smallest absolute Gasteiger partial charge is 0.147 e. The van der Waals surface area contributed by atoms with E-state index in [0.717, 1.165) is 89.4 Å². The van der Waals surface area contributed by atoms with Crippen molar-refractivity contribution in [2.75, 3.05) is 0 Å². The van der Waals surface area contributed by atoms with Gasteiger partial charge in [0.05, 0.1) is 17.1 Å². The Bertz CT molecular complexity index is 4350. The quantitative estimate of drug-likeness (QED) is 0.127. The van der Waals surface area contributed by atoms with Crippen LogP contribution < -0.4 is 31.8 Å². The highest BCUT2D eigenvalue weighted by molar-refractivity contribution is 8.04. The minimum absolute atomic E-state index is 0.871. The summed E-state index contributed by atoms with van der Waals surface area (Å²) in [5.41, 5.74) is 15.6. The number of rotatable bonds is 11. The molecule has 4 nitrogen and oxygen atoms in total. The van der Waals surface area contributed by atoms with Crippen LogP contribution in [0.2, 0.25) is 0 Å². The number of aromatic nitrogens is 4. The minimum Gasteiger partial charge on any atom is -0.354 e. The Balaban J connectivity index is 1.21. The molecule has 2 aliphatic rings. The van der Waals surface area contributed by atoms with Gasteiger partial charge in [-0.25, -0.2) is 9.97 Å². The average Bonchev–Trinajstić information content (AvgIpc) is 4.45. The maximum atomic E-state index is 6.21. The topological polar surface area (TPSA) is 57.4 Å². The number of nitrogens with one attached hydrogen (secondary N) is 2. The minimum atomic E-state index is -3.03. The summed E-state index contributed by atoms with van der Waals surface area (Å²) in [5, 5.41) is 8.83. The van der Waals surface area contributed by atoms with E-state index in [9.17, 15) is 0 Å². The van der Waals surface area contributed by atoms with Gasteiger partial charge in [-0.3, -0.25) is 0 Å². The average molecular weight is 1060 g/mol. The molecule has 0 fully saturated rings. The summed E-state index contributed by atoms with van der Waals surface area (Å²) in [6.45, 7) is 0. The van der Waals surface area contributed by atoms with Gasteiger partial charge in [-0.2, -0.15) is 0 Å². The van der Waals surface area contributed by atoms with Crippen LogP contribution >= 0.6 is 15.2 Å². The SMILES string of the molecule is C1=Cc2nc1c(-c1ccccc1)c1ccc([nH]1)c(-c1ccccc1)c1nc(c(-c3ccccc3)c3ccc([nH]3)c2-c2ccccc2)C([P+](c2ccccc2)(c2ccccc2)c2ccccc2P(c2ccccc2)c2ccccc2)=C1. The Morgan fingerprint density at radius 2 is 0.637 bits per heavy atom. The molecule has 378 valence electrons. The number of fused-ring (bicyclic) bond motifs is 8. The van der Waals surface area contributed by atoms with Gasteiger partial charge in [-0.1, -0.05) is 231 Å². The molecule has 0 radical (unpaired) electrons. The fourth-order valence-corrected chi connectivity index (χ4v) is 19.3. The number of H-pyrrole nitrogens is 2. The van der Waals surface area contributed by atoms with Crippen molar-refractivity contribution < 1.29 is 0 Å². The summed E-state index contributed by atoms with van der Waals surface area (Å²) < 4.78 is 0. The molecule has 2 aliphatic heterocycles. The zero-order valence-electron chi connectivity index (χ0n) is 43.7. The second-order valence-corrected chi connectivity index (χ2v) is 25.5. The molecule has 3 aromatic heterocycles. The van der Waals surface area contributed by atoms with Gasteiger partial charge in [-0.15, -0.1) is 0 Å². The first-order valence-electron chi connectivity index (χ1n) is 27.1. The molecule has 0 amide bonds. The van der Waals surface area contributed by atoms with Crippen LogP contribution in [0.15, 0.2) is 291 Å². The van der Waals surface area contributed by atoms with E-state index in [1.165, 1.54) is 37.1 Å². The van der Waals surface area contributed by atoms with E-state index in [1.54, 1.807) is 0 Å². The van der Waals surface area contributed by atoms with E-state index in [2.05, 4.69) is 319 Å². The normalized spacial score (nSPS) is 12.1.